The molecule has 2 amide bonds. The van der Waals surface area contributed by atoms with Gasteiger partial charge in [-0.1, -0.05) is 36.8 Å². The molecule has 3 fully saturated rings. The van der Waals surface area contributed by atoms with Crippen molar-refractivity contribution in [3.8, 4) is 0 Å². The van der Waals surface area contributed by atoms with E-state index < -0.39 is 0 Å². The summed E-state index contributed by atoms with van der Waals surface area (Å²) in [5.74, 6) is 0.264. The highest BCUT2D eigenvalue weighted by Gasteiger charge is 2.59. The number of rotatable bonds is 5. The molecule has 1 aromatic heterocycles. The van der Waals surface area contributed by atoms with Crippen LogP contribution in [0.3, 0.4) is 0 Å². The average molecular weight is 426 g/mol. The minimum atomic E-state index is -0.126. The second-order valence-electron chi connectivity index (χ2n) is 8.63. The van der Waals surface area contributed by atoms with Crippen LogP contribution < -0.4 is 5.32 Å². The predicted octanol–water partition coefficient (Wildman–Crippen LogP) is 4.51. The van der Waals surface area contributed by atoms with Gasteiger partial charge in [-0.15, -0.1) is 11.3 Å². The Bertz CT molecular complexity index is 996. The van der Waals surface area contributed by atoms with Crippen molar-refractivity contribution in [2.75, 3.05) is 12.0 Å². The van der Waals surface area contributed by atoms with Gasteiger partial charge in [-0.25, -0.2) is 4.98 Å². The second kappa shape index (κ2) is 6.84. The molecule has 6 rings (SSSR count). The Kier molecular flexibility index (Phi) is 4.24. The first kappa shape index (κ1) is 18.0. The van der Waals surface area contributed by atoms with Crippen LogP contribution in [0, 0.1) is 23.7 Å². The molecule has 3 aliphatic carbocycles. The van der Waals surface area contributed by atoms with Crippen LogP contribution >= 0.6 is 23.1 Å². The van der Waals surface area contributed by atoms with Crippen LogP contribution in [-0.2, 0) is 9.59 Å². The summed E-state index contributed by atoms with van der Waals surface area (Å²) in [6, 6.07) is 6.10. The van der Waals surface area contributed by atoms with E-state index in [2.05, 4.69) is 23.5 Å². The number of amides is 2. The quantitative estimate of drug-likeness (QED) is 0.564. The van der Waals surface area contributed by atoms with Gasteiger partial charge in [-0.3, -0.25) is 14.5 Å². The molecule has 0 spiro atoms. The monoisotopic (exact) mass is 425 g/mol. The molecule has 0 unspecified atom stereocenters. The summed E-state index contributed by atoms with van der Waals surface area (Å²) in [7, 11) is 0. The maximum atomic E-state index is 12.8. The molecular formula is C22H23N3O2S2. The van der Waals surface area contributed by atoms with Crippen molar-refractivity contribution in [1.82, 2.24) is 9.88 Å². The van der Waals surface area contributed by atoms with Crippen LogP contribution in [0.2, 0.25) is 0 Å². The molecule has 2 heterocycles. The number of thiazole rings is 1. The number of allylic oxidation sites excluding steroid dienone is 2. The van der Waals surface area contributed by atoms with Crippen LogP contribution in [0.25, 0.3) is 10.2 Å². The number of carbonyl (C=O) groups is 2. The van der Waals surface area contributed by atoms with Gasteiger partial charge in [-0.2, -0.15) is 0 Å². The minimum Gasteiger partial charge on any atom is -0.367 e. The van der Waals surface area contributed by atoms with Crippen molar-refractivity contribution in [3.63, 3.8) is 0 Å². The van der Waals surface area contributed by atoms with Gasteiger partial charge < -0.3 is 5.32 Å². The fourth-order valence-electron chi connectivity index (χ4n) is 5.50. The normalized spacial score (nSPS) is 30.8. The van der Waals surface area contributed by atoms with Crippen LogP contribution in [0.4, 0.5) is 5.69 Å². The van der Waals surface area contributed by atoms with Crippen molar-refractivity contribution >= 4 is 50.8 Å². The third kappa shape index (κ3) is 2.93. The molecule has 2 aromatic rings. The number of anilines is 1. The third-order valence-electron chi connectivity index (χ3n) is 6.94. The van der Waals surface area contributed by atoms with E-state index >= 15 is 0 Å². The molecule has 150 valence electrons. The molecule has 1 N–H and O–H groups in total. The average Bonchev–Trinajstić information content (AvgIpc) is 3.51. The third-order valence-corrected chi connectivity index (χ3v) is 9.39. The van der Waals surface area contributed by atoms with E-state index in [0.717, 1.165) is 26.7 Å². The Morgan fingerprint density at radius 1 is 1.10 bits per heavy atom. The lowest BCUT2D eigenvalue weighted by molar-refractivity contribution is -0.140. The molecular weight excluding hydrogens is 402 g/mol. The highest BCUT2D eigenvalue weighted by molar-refractivity contribution is 8.01. The van der Waals surface area contributed by atoms with Gasteiger partial charge in [-0.05, 0) is 49.3 Å². The van der Waals surface area contributed by atoms with E-state index in [9.17, 15) is 9.59 Å². The number of nitrogens with one attached hydrogen (secondary N) is 1. The maximum Gasteiger partial charge on any atom is 0.235 e. The number of thioether (sulfide) groups is 1. The van der Waals surface area contributed by atoms with Gasteiger partial charge in [0.25, 0.3) is 0 Å². The summed E-state index contributed by atoms with van der Waals surface area (Å²) < 4.78 is 2.29. The van der Waals surface area contributed by atoms with Crippen molar-refractivity contribution in [2.45, 2.75) is 41.7 Å². The van der Waals surface area contributed by atoms with Gasteiger partial charge in [0, 0.05) is 10.9 Å². The molecule has 1 aromatic carbocycles. The number of hydrogen-bond acceptors (Lipinski definition) is 6. The Hall–Kier alpha value is -1.86. The summed E-state index contributed by atoms with van der Waals surface area (Å²) in [5.41, 5.74) is 1.95. The lowest BCUT2D eigenvalue weighted by Crippen LogP contribution is -2.37. The first-order valence-corrected chi connectivity index (χ1v) is 12.2. The molecule has 0 radical (unpaired) electrons. The maximum absolute atomic E-state index is 12.8. The van der Waals surface area contributed by atoms with E-state index in [1.54, 1.807) is 11.3 Å². The zero-order chi connectivity index (χ0) is 19.5. The van der Waals surface area contributed by atoms with Gasteiger partial charge >= 0.3 is 0 Å². The largest absolute Gasteiger partial charge is 0.367 e. The summed E-state index contributed by atoms with van der Waals surface area (Å²) in [5, 5.41) is 4.01. The van der Waals surface area contributed by atoms with E-state index in [1.165, 1.54) is 30.6 Å². The molecule has 1 aliphatic heterocycles. The summed E-state index contributed by atoms with van der Waals surface area (Å²) >= 11 is 3.65. The Labute approximate surface area is 177 Å². The van der Waals surface area contributed by atoms with Crippen LogP contribution in [-0.4, -0.2) is 33.6 Å². The number of fused-ring (bicyclic) bond motifs is 6. The number of hydrogen-bond donors (Lipinski definition) is 1. The van der Waals surface area contributed by atoms with Crippen molar-refractivity contribution < 1.29 is 9.59 Å². The SMILES string of the molecule is O=C1[C@@H]2[C@@H](C(=O)N1CNc1ccc3nc(SC4CCCC4)sc3c1)[C@H]1C=C[C@H]2C1. The summed E-state index contributed by atoms with van der Waals surface area (Å²) in [4.78, 5) is 31.8. The Morgan fingerprint density at radius 2 is 1.83 bits per heavy atom. The highest BCUT2D eigenvalue weighted by atomic mass is 32.2. The smallest absolute Gasteiger partial charge is 0.235 e. The van der Waals surface area contributed by atoms with Gasteiger partial charge in [0.2, 0.25) is 11.8 Å². The van der Waals surface area contributed by atoms with Crippen molar-refractivity contribution in [1.29, 1.82) is 0 Å². The lowest BCUT2D eigenvalue weighted by Gasteiger charge is -2.18. The predicted molar refractivity (Wildman–Crippen MR) is 116 cm³/mol. The van der Waals surface area contributed by atoms with Crippen molar-refractivity contribution in [2.24, 2.45) is 23.7 Å². The zero-order valence-electron chi connectivity index (χ0n) is 16.0. The molecule has 4 atom stereocenters. The fourth-order valence-corrected chi connectivity index (χ4v) is 8.11. The first-order chi connectivity index (χ1) is 14.2. The van der Waals surface area contributed by atoms with Gasteiger partial charge in [0.15, 0.2) is 4.34 Å². The van der Waals surface area contributed by atoms with E-state index in [4.69, 9.17) is 4.98 Å². The minimum absolute atomic E-state index is 0.00142. The number of likely N-dealkylation sites (tertiary alicyclic amines) is 1. The molecule has 5 nitrogen and oxygen atoms in total. The zero-order valence-corrected chi connectivity index (χ0v) is 17.7. The topological polar surface area (TPSA) is 62.3 Å². The molecule has 4 aliphatic rings. The fraction of sp³-hybridized carbons (Fsp3) is 0.500. The molecule has 29 heavy (non-hydrogen) atoms. The van der Waals surface area contributed by atoms with Crippen LogP contribution in [0.5, 0.6) is 0 Å². The van der Waals surface area contributed by atoms with Gasteiger partial charge in [0.1, 0.15) is 0 Å². The number of aromatic nitrogens is 1. The molecule has 7 heteroatoms. The standard InChI is InChI=1S/C22H23N3O2S2/c26-20-18-12-5-6-13(9-12)19(18)21(27)25(20)11-23-14-7-8-16-17(10-14)29-22(24-16)28-15-3-1-2-4-15/h5-8,10,12-13,15,18-19,23H,1-4,9,11H2/t12-,13-,18-,19-/m0/s1. The van der Waals surface area contributed by atoms with E-state index in [1.807, 2.05) is 23.9 Å². The number of carbonyl (C=O) groups excluding carboxylic acids is 2. The second-order valence-corrected chi connectivity index (χ2v) is 11.2. The lowest BCUT2D eigenvalue weighted by atomic mass is 9.85. The van der Waals surface area contributed by atoms with E-state index in [-0.39, 0.29) is 42.2 Å². The van der Waals surface area contributed by atoms with Crippen LogP contribution in [0.15, 0.2) is 34.7 Å². The molecule has 2 bridgehead atoms. The number of imide groups is 1. The van der Waals surface area contributed by atoms with E-state index in [0.29, 0.717) is 5.25 Å². The van der Waals surface area contributed by atoms with Gasteiger partial charge in [0.05, 0.1) is 28.7 Å². The Morgan fingerprint density at radius 3 is 2.55 bits per heavy atom. The summed E-state index contributed by atoms with van der Waals surface area (Å²) in [6.45, 7) is 0.248. The molecule has 2 saturated carbocycles. The first-order valence-electron chi connectivity index (χ1n) is 10.5. The summed E-state index contributed by atoms with van der Waals surface area (Å²) in [6.07, 6.45) is 10.5. The number of nitrogens with zero attached hydrogens (tertiary/aromatic N) is 2. The van der Waals surface area contributed by atoms with Crippen LogP contribution in [0.1, 0.15) is 32.1 Å². The Balaban J connectivity index is 1.15. The molecule has 1 saturated heterocycles. The number of benzene rings is 1. The van der Waals surface area contributed by atoms with Crippen molar-refractivity contribution in [3.05, 3.63) is 30.4 Å². The highest BCUT2D eigenvalue weighted by Crippen LogP contribution is 2.52.